The second-order valence-corrected chi connectivity index (χ2v) is 36.3. The second kappa shape index (κ2) is 44.9. The average molecular weight is 1930 g/mol. The summed E-state index contributed by atoms with van der Waals surface area (Å²) >= 11 is 25.5. The number of aliphatic hydroxyl groups is 1. The maximum Gasteiger partial charge on any atom is 0.417 e. The number of aryl methyl sites for hydroxylation is 13. The minimum Gasteiger partial charge on any atom is -0.392 e. The number of rotatable bonds is 26. The van der Waals surface area contributed by atoms with Crippen molar-refractivity contribution in [2.45, 2.75) is 189 Å². The number of aromatic nitrogens is 20. The number of nitrogens with one attached hydrogen (secondary N) is 4. The molecule has 17 rings (SSSR count). The van der Waals surface area contributed by atoms with Crippen LogP contribution in [0.4, 0.5) is 35.0 Å². The Morgan fingerprint density at radius 3 is 1.28 bits per heavy atom. The van der Waals surface area contributed by atoms with E-state index in [0.29, 0.717) is 152 Å². The number of aliphatic hydroxyl groups excluding tert-OH is 1. The normalized spacial score (nSPS) is 11.2. The molecule has 10 aromatic heterocycles. The summed E-state index contributed by atoms with van der Waals surface area (Å²) in [5.41, 5.74) is 32.4. The molecular weight excluding hydrogens is 1840 g/mol. The van der Waals surface area contributed by atoms with Crippen LogP contribution in [0.25, 0.3) is 55.8 Å². The third kappa shape index (κ3) is 24.3. The van der Waals surface area contributed by atoms with Gasteiger partial charge in [-0.15, -0.1) is 37.0 Å². The first-order chi connectivity index (χ1) is 63.6. The largest absolute Gasteiger partial charge is 0.417 e. The average Bonchev–Trinajstić information content (AvgIpc) is 1.63. The first-order valence-corrected chi connectivity index (χ1v) is 46.3. The molecule has 0 saturated carbocycles. The van der Waals surface area contributed by atoms with E-state index in [4.69, 9.17) is 87.1 Å². The third-order valence-electron chi connectivity index (χ3n) is 20.3. The lowest BCUT2D eigenvalue weighted by molar-refractivity contribution is -0.139. The molecule has 0 amide bonds. The van der Waals surface area contributed by atoms with Crippen LogP contribution in [0.5, 0.6) is 0 Å². The molecule has 674 valence electrons. The topological polar surface area (TPSA) is 370 Å². The Hall–Kier alpha value is -12.7. The van der Waals surface area contributed by atoms with Gasteiger partial charge < -0.3 is 55.1 Å². The van der Waals surface area contributed by atoms with Gasteiger partial charge in [0.15, 0.2) is 99.0 Å². The summed E-state index contributed by atoms with van der Waals surface area (Å²) in [6, 6.07) is 42.6. The first-order valence-electron chi connectivity index (χ1n) is 41.1. The predicted octanol–water partition coefficient (Wildman–Crippen LogP) is 20.6. The summed E-state index contributed by atoms with van der Waals surface area (Å²) in [6.07, 6.45) is 24.5. The molecule has 38 heteroatoms. The minimum absolute atomic E-state index is 0.0262. The fourth-order valence-electron chi connectivity index (χ4n) is 13.7. The molecule has 0 unspecified atom stereocenters. The third-order valence-corrected chi connectivity index (χ3v) is 26.6. The monoisotopic (exact) mass is 1920 g/mol. The van der Waals surface area contributed by atoms with Crippen LogP contribution in [0.3, 0.4) is 0 Å². The van der Waals surface area contributed by atoms with Gasteiger partial charge in [0, 0.05) is 91.5 Å². The van der Waals surface area contributed by atoms with Crippen LogP contribution in [0.15, 0.2) is 221 Å². The fraction of sp³-hybridized carbons (Fsp3) is 0.223. The smallest absolute Gasteiger partial charge is 0.392 e. The van der Waals surface area contributed by atoms with E-state index in [1.54, 1.807) is 65.9 Å². The number of nitrogens with two attached hydrogens (primary N) is 3. The van der Waals surface area contributed by atoms with Crippen molar-refractivity contribution in [1.82, 2.24) is 97.6 Å². The first kappa shape index (κ1) is 96.8. The zero-order valence-electron chi connectivity index (χ0n) is 72.2. The summed E-state index contributed by atoms with van der Waals surface area (Å²) in [4.78, 5) is 66.9. The van der Waals surface area contributed by atoms with Gasteiger partial charge in [0.05, 0.1) is 24.8 Å². The second-order valence-electron chi connectivity index (χ2n) is 30.0. The molecule has 0 atom stereocenters. The quantitative estimate of drug-likeness (QED) is 0.0142. The standard InChI is InChI=1S/C20H17Cl2N5S.C20H17ClFN5S.C18H16F3N5S.C18H19N5OS.C18H19N5S/c2*1-12-10-14(21)6-7-16(12)28-20-26-17-18(23)24-11-25-19(17)27(20)9-8-13-4-2-3-5-15(13)22;1-3-4-5-8-26-16-14(15(22)23-10-24-16)25-17(26)27-13-7-6-11(2)9-12(13)18(19,20)21;1-3-4-5-8-23-11-20-16(19)15-17(23)22-18(21-15)25-14-7-6-12(2)9-13(14)10-24;1-4-5-6-9-23-11-20-16(19)15-17(23)22-18(21-15)24-14-8-7-12(2)10-13(14)3/h2*2-7,10-11H,8-9H2,1H3,(H2,23,24,25);1,6-7,9-10H,4-5,8H2,2H3,(H2,22,23,24);1,6-7,9,11,19,24H,4-5,8,10H2,2H3,(H,21,22);1,7-8,10-11,19H,5-6,9H2,2-3H3,(H,21,22). The molecule has 10 heterocycles. The van der Waals surface area contributed by atoms with Crippen molar-refractivity contribution < 1.29 is 22.7 Å². The van der Waals surface area contributed by atoms with Crippen LogP contribution in [0.2, 0.25) is 15.1 Å². The molecular formula is C94H88Cl3F4N25OS5. The lowest BCUT2D eigenvalue weighted by Gasteiger charge is -2.14. The van der Waals surface area contributed by atoms with Crippen molar-refractivity contribution in [3.05, 3.63) is 259 Å². The van der Waals surface area contributed by atoms with Crippen LogP contribution in [-0.2, 0) is 58.3 Å². The minimum atomic E-state index is -4.46. The highest BCUT2D eigenvalue weighted by Crippen LogP contribution is 2.43. The molecule has 0 aliphatic carbocycles. The molecule has 0 aliphatic heterocycles. The Balaban J connectivity index is 0.000000140. The fourth-order valence-corrected chi connectivity index (χ4v) is 19.1. The highest BCUT2D eigenvalue weighted by atomic mass is 35.5. The van der Waals surface area contributed by atoms with E-state index in [2.05, 4.69) is 124 Å². The number of aromatic amines is 2. The van der Waals surface area contributed by atoms with Crippen molar-refractivity contribution in [2.75, 3.05) is 17.2 Å². The number of alkyl halides is 3. The van der Waals surface area contributed by atoms with E-state index in [1.807, 2.05) is 119 Å². The maximum atomic E-state index is 14.0. The highest BCUT2D eigenvalue weighted by molar-refractivity contribution is 8.00. The van der Waals surface area contributed by atoms with Crippen LogP contribution in [0, 0.1) is 95.2 Å². The predicted molar refractivity (Wildman–Crippen MR) is 516 cm³/mol. The van der Waals surface area contributed by atoms with Crippen LogP contribution in [0.1, 0.15) is 94.2 Å². The van der Waals surface area contributed by atoms with Gasteiger partial charge in [0.2, 0.25) is 0 Å². The van der Waals surface area contributed by atoms with Crippen molar-refractivity contribution in [2.24, 2.45) is 0 Å². The molecule has 0 saturated heterocycles. The number of hydrogen-bond acceptors (Lipinski definition) is 24. The van der Waals surface area contributed by atoms with E-state index < -0.39 is 11.7 Å². The van der Waals surface area contributed by atoms with Gasteiger partial charge in [-0.1, -0.05) is 177 Å². The number of imidazole rings is 5. The number of fused-ring (bicyclic) bond motifs is 5. The summed E-state index contributed by atoms with van der Waals surface area (Å²) in [5.74, 6) is 8.47. The van der Waals surface area contributed by atoms with E-state index >= 15 is 0 Å². The highest BCUT2D eigenvalue weighted by Gasteiger charge is 2.35. The molecule has 132 heavy (non-hydrogen) atoms. The zero-order valence-corrected chi connectivity index (χ0v) is 78.6. The van der Waals surface area contributed by atoms with Gasteiger partial charge in [-0.3, -0.25) is 10.8 Å². The van der Waals surface area contributed by atoms with Crippen molar-refractivity contribution in [3.63, 3.8) is 0 Å². The van der Waals surface area contributed by atoms with Crippen LogP contribution >= 0.6 is 93.6 Å². The molecule has 0 fully saturated rings. The lowest BCUT2D eigenvalue weighted by atomic mass is 10.1. The van der Waals surface area contributed by atoms with E-state index in [0.717, 1.165) is 117 Å². The van der Waals surface area contributed by atoms with Crippen LogP contribution < -0.4 is 28.2 Å². The van der Waals surface area contributed by atoms with E-state index in [9.17, 15) is 22.7 Å². The van der Waals surface area contributed by atoms with Gasteiger partial charge >= 0.3 is 6.18 Å². The van der Waals surface area contributed by atoms with Gasteiger partial charge in [0.25, 0.3) is 0 Å². The Morgan fingerprint density at radius 2 is 0.826 bits per heavy atom. The summed E-state index contributed by atoms with van der Waals surface area (Å²) in [5, 5.41) is 31.0. The number of terminal acetylenes is 3. The van der Waals surface area contributed by atoms with Gasteiger partial charge in [-0.2, -0.15) is 13.2 Å². The van der Waals surface area contributed by atoms with E-state index in [-0.39, 0.29) is 34.1 Å². The summed E-state index contributed by atoms with van der Waals surface area (Å²) in [7, 11) is 0. The lowest BCUT2D eigenvalue weighted by Crippen LogP contribution is -2.12. The Kier molecular flexibility index (Phi) is 33.0. The molecule has 7 aromatic carbocycles. The number of hydrogen-bond donors (Lipinski definition) is 8. The molecule has 11 N–H and O–H groups in total. The summed E-state index contributed by atoms with van der Waals surface area (Å²) < 4.78 is 64.0. The number of unbranched alkanes of at least 4 members (excludes halogenated alkanes) is 3. The van der Waals surface area contributed by atoms with Crippen molar-refractivity contribution >= 4 is 167 Å². The molecule has 0 bridgehead atoms. The number of nitrogen functional groups attached to an aromatic ring is 3. The Labute approximate surface area is 793 Å². The zero-order chi connectivity index (χ0) is 93.9. The Morgan fingerprint density at radius 1 is 0.432 bits per heavy atom. The Bertz CT molecular complexity index is 7130. The molecule has 0 spiro atoms. The van der Waals surface area contributed by atoms with Gasteiger partial charge in [-0.25, -0.2) is 69.2 Å². The number of benzene rings is 7. The summed E-state index contributed by atoms with van der Waals surface area (Å²) in [6.45, 7) is 14.9. The van der Waals surface area contributed by atoms with E-state index in [1.165, 1.54) is 65.8 Å². The number of anilines is 3. The van der Waals surface area contributed by atoms with Crippen molar-refractivity contribution in [1.29, 1.82) is 10.8 Å². The maximum absolute atomic E-state index is 14.0. The van der Waals surface area contributed by atoms with Gasteiger partial charge in [-0.05, 0) is 180 Å². The molecule has 0 aliphatic rings. The SMILES string of the molecule is C#CCCCn1c(Sc2ccc(C)cc2C(F)(F)F)nc2c(N)ncnc21.C#CCCCn1cnc(=N)c2[nH]c(Sc3ccc(C)cc3C)nc21.C#CCCCn1cnc(=N)c2[nH]c(Sc3ccc(C)cc3CO)nc21.Cc1cc(Cl)ccc1Sc1nc2c(N)ncnc2n1CCc1ccccc1Cl.Cc1cc(Cl)ccc1Sc1nc2c(N)ncnc2n1CCc1ccccc1F. The number of nitrogens with zero attached hydrogens (tertiary/aromatic N) is 18. The molecule has 26 nitrogen and oxygen atoms in total. The van der Waals surface area contributed by atoms with Crippen molar-refractivity contribution in [3.8, 4) is 37.0 Å². The molecule has 0 radical (unpaired) electrons. The molecule has 17 aromatic rings. The van der Waals surface area contributed by atoms with Crippen LogP contribution in [-0.4, -0.2) is 103 Å². The van der Waals surface area contributed by atoms with Gasteiger partial charge in [0.1, 0.15) is 35.8 Å². The number of H-pyrrole nitrogens is 2. The number of halogens is 7.